The van der Waals surface area contributed by atoms with E-state index in [0.29, 0.717) is 50.0 Å². The van der Waals surface area contributed by atoms with Crippen molar-refractivity contribution in [2.75, 3.05) is 0 Å². The molecule has 0 N–H and O–H groups in total. The Morgan fingerprint density at radius 3 is 1.25 bits per heavy atom. The molecule has 1 aliphatic carbocycles. The summed E-state index contributed by atoms with van der Waals surface area (Å²) in [5.74, 6) is -6.95. The minimum Gasteiger partial charge on any atom is -0.657 e. The van der Waals surface area contributed by atoms with Gasteiger partial charge in [0.1, 0.15) is 0 Å². The van der Waals surface area contributed by atoms with Crippen LogP contribution in [0.5, 0.6) is 0 Å². The number of nitrogens with zero attached hydrogens (tertiary/aromatic N) is 4. The van der Waals surface area contributed by atoms with Crippen LogP contribution in [0, 0.1) is 23.3 Å². The molecule has 3 aromatic heterocycles. The monoisotopic (exact) mass is 796 g/mol. The summed E-state index contributed by atoms with van der Waals surface area (Å²) in [6.07, 6.45) is 2.08. The van der Waals surface area contributed by atoms with E-state index in [0.717, 1.165) is 39.1 Å². The van der Waals surface area contributed by atoms with Crippen LogP contribution in [0.4, 0.5) is 17.6 Å². The Morgan fingerprint density at radius 1 is 0.351 bits per heavy atom. The molecule has 0 unspecified atom stereocenters. The van der Waals surface area contributed by atoms with Gasteiger partial charge in [-0.1, -0.05) is 140 Å². The molecule has 8 bridgehead atoms. The minimum atomic E-state index is -1.93. The van der Waals surface area contributed by atoms with E-state index >= 15 is 17.6 Å². The molecular formula is C48H24F4N4Zn. The summed E-state index contributed by atoms with van der Waals surface area (Å²) < 4.78 is 63.8. The van der Waals surface area contributed by atoms with Gasteiger partial charge in [0.15, 0.2) is 23.3 Å². The molecule has 9 heteroatoms. The summed E-state index contributed by atoms with van der Waals surface area (Å²) in [4.78, 5) is 20.6. The molecule has 266 valence electrons. The fourth-order valence-electron chi connectivity index (χ4n) is 8.26. The summed E-state index contributed by atoms with van der Waals surface area (Å²) in [6, 6.07) is 43.2. The molecule has 5 aromatic carbocycles. The maximum atomic E-state index is 16.5. The second-order valence-corrected chi connectivity index (χ2v) is 13.8. The zero-order valence-electron chi connectivity index (χ0n) is 29.9. The van der Waals surface area contributed by atoms with Crippen molar-refractivity contribution in [3.8, 4) is 67.0 Å². The average molecular weight is 798 g/mol. The molecule has 5 heterocycles. The SMILES string of the molecule is Fc1c(F)c(F)c2c(c1F)-c1nc-2c(-c2ccccc2)c2ccc([n-]2)c2c3nc(c(-c4ccccc4)c4ccc([n-]4)c1-c1ccccc1)C=C3c1ccccc1-2.[Zn+2]. The first-order chi connectivity index (χ1) is 27.5. The Bertz CT molecular complexity index is 3140. The molecule has 0 amide bonds. The maximum Gasteiger partial charge on any atom is 2.00 e. The average Bonchev–Trinajstić information content (AvgIpc) is 4.08. The van der Waals surface area contributed by atoms with Crippen LogP contribution in [0.1, 0.15) is 17.0 Å². The third-order valence-electron chi connectivity index (χ3n) is 10.7. The van der Waals surface area contributed by atoms with Gasteiger partial charge >= 0.3 is 19.5 Å². The summed E-state index contributed by atoms with van der Waals surface area (Å²) >= 11 is 0. The van der Waals surface area contributed by atoms with E-state index in [1.165, 1.54) is 0 Å². The van der Waals surface area contributed by atoms with Crippen LogP contribution in [-0.4, -0.2) is 9.97 Å². The molecule has 2 aliphatic heterocycles. The number of fused-ring (bicyclic) bond motifs is 14. The normalized spacial score (nSPS) is 12.2. The second-order valence-electron chi connectivity index (χ2n) is 13.8. The van der Waals surface area contributed by atoms with Gasteiger partial charge < -0.3 is 9.97 Å². The third kappa shape index (κ3) is 5.15. The fraction of sp³-hybridized carbons (Fsp3) is 0. The van der Waals surface area contributed by atoms with E-state index in [1.54, 1.807) is 60.7 Å². The van der Waals surface area contributed by atoms with Crippen LogP contribution in [0.25, 0.3) is 101 Å². The summed E-state index contributed by atoms with van der Waals surface area (Å²) in [6.45, 7) is 0. The van der Waals surface area contributed by atoms with Crippen molar-refractivity contribution in [2.45, 2.75) is 0 Å². The molecule has 0 radical (unpaired) electrons. The van der Waals surface area contributed by atoms with Gasteiger partial charge in [-0.25, -0.2) is 27.5 Å². The minimum absolute atomic E-state index is 0. The van der Waals surface area contributed by atoms with E-state index < -0.39 is 34.4 Å². The first-order valence-electron chi connectivity index (χ1n) is 18.0. The Morgan fingerprint density at radius 2 is 0.754 bits per heavy atom. The van der Waals surface area contributed by atoms with Crippen LogP contribution in [-0.2, 0) is 19.5 Å². The molecule has 0 fully saturated rings. The van der Waals surface area contributed by atoms with Crippen LogP contribution in [0.15, 0.2) is 140 Å². The van der Waals surface area contributed by atoms with Crippen molar-refractivity contribution < 1.29 is 37.0 Å². The predicted molar refractivity (Wildman–Crippen MR) is 212 cm³/mol. The Kier molecular flexibility index (Phi) is 8.06. The quantitative estimate of drug-likeness (QED) is 0.0773. The third-order valence-corrected chi connectivity index (χ3v) is 10.7. The van der Waals surface area contributed by atoms with Gasteiger partial charge in [-0.05, 0) is 56.1 Å². The zero-order valence-corrected chi connectivity index (χ0v) is 32.8. The molecule has 0 saturated heterocycles. The van der Waals surface area contributed by atoms with Crippen LogP contribution in [0.3, 0.4) is 0 Å². The number of halogens is 4. The first kappa shape index (κ1) is 34.8. The summed E-state index contributed by atoms with van der Waals surface area (Å²) in [7, 11) is 0. The van der Waals surface area contributed by atoms with Crippen molar-refractivity contribution in [2.24, 2.45) is 0 Å². The van der Waals surface area contributed by atoms with Crippen molar-refractivity contribution in [3.63, 3.8) is 0 Å². The van der Waals surface area contributed by atoms with Crippen molar-refractivity contribution in [1.82, 2.24) is 19.9 Å². The van der Waals surface area contributed by atoms with E-state index in [4.69, 9.17) is 19.9 Å². The Hall–Kier alpha value is -6.70. The van der Waals surface area contributed by atoms with E-state index in [2.05, 4.69) is 12.1 Å². The van der Waals surface area contributed by atoms with Gasteiger partial charge in [-0.2, -0.15) is 0 Å². The van der Waals surface area contributed by atoms with Gasteiger partial charge in [0, 0.05) is 5.57 Å². The van der Waals surface area contributed by atoms with Gasteiger partial charge in [0.05, 0.1) is 33.9 Å². The number of aromatic nitrogens is 4. The van der Waals surface area contributed by atoms with Crippen LogP contribution < -0.4 is 9.97 Å². The number of hydrogen-bond donors (Lipinski definition) is 0. The zero-order chi connectivity index (χ0) is 37.7. The molecule has 4 nitrogen and oxygen atoms in total. The smallest absolute Gasteiger partial charge is 0.657 e. The summed E-state index contributed by atoms with van der Waals surface area (Å²) in [5.41, 5.74) is 9.28. The number of hydrogen-bond acceptors (Lipinski definition) is 2. The summed E-state index contributed by atoms with van der Waals surface area (Å²) in [5, 5.41) is 0. The first-order valence-corrected chi connectivity index (χ1v) is 18.0. The van der Waals surface area contributed by atoms with E-state index in [9.17, 15) is 0 Å². The molecule has 11 rings (SSSR count). The molecule has 57 heavy (non-hydrogen) atoms. The number of benzene rings is 5. The standard InChI is InChI=1S/C48H24F4N4.Zn/c49-42-40-41(43(50)45(52)44(42)51)48-38(27-16-8-3-9-17-27)33-22-23-34(54-33)39-29-19-11-10-18-28(29)30-24-35(55-46(30)39)36(25-12-4-1-5-13-25)31-20-21-32(53-31)37(47(40)56-48)26-14-6-2-7-15-26;/h1-24H;/q-2;+2. The topological polar surface area (TPSA) is 54.0 Å². The second kappa shape index (κ2) is 13.2. The van der Waals surface area contributed by atoms with Crippen LogP contribution in [0.2, 0.25) is 0 Å². The van der Waals surface area contributed by atoms with Gasteiger partial charge in [0.25, 0.3) is 0 Å². The molecule has 3 aliphatic rings. The molecule has 8 aromatic rings. The Balaban J connectivity index is 0.00000396. The van der Waals surface area contributed by atoms with Gasteiger partial charge in [-0.15, -0.1) is 22.1 Å². The van der Waals surface area contributed by atoms with Crippen molar-refractivity contribution in [3.05, 3.63) is 180 Å². The molecule has 0 atom stereocenters. The van der Waals surface area contributed by atoms with E-state index in [1.807, 2.05) is 72.8 Å². The fourth-order valence-corrected chi connectivity index (χ4v) is 8.26. The number of rotatable bonds is 3. The largest absolute Gasteiger partial charge is 2.00 e. The Labute approximate surface area is 336 Å². The molecule has 0 spiro atoms. The van der Waals surface area contributed by atoms with Gasteiger partial charge in [-0.3, -0.25) is 0 Å². The van der Waals surface area contributed by atoms with Crippen LogP contribution >= 0.6 is 0 Å². The van der Waals surface area contributed by atoms with Crippen molar-refractivity contribution in [1.29, 1.82) is 0 Å². The molecule has 0 saturated carbocycles. The van der Waals surface area contributed by atoms with Crippen molar-refractivity contribution >= 4 is 33.7 Å². The van der Waals surface area contributed by atoms with Gasteiger partial charge in [0.2, 0.25) is 0 Å². The maximum absolute atomic E-state index is 16.5. The van der Waals surface area contributed by atoms with E-state index in [-0.39, 0.29) is 30.9 Å². The predicted octanol–water partition coefficient (Wildman–Crippen LogP) is 12.0. The molecular weight excluding hydrogens is 774 g/mol.